The fourth-order valence-corrected chi connectivity index (χ4v) is 1.24. The van der Waals surface area contributed by atoms with Crippen LogP contribution in [0, 0.1) is 0 Å². The van der Waals surface area contributed by atoms with Crippen LogP contribution in [-0.4, -0.2) is 31.2 Å². The van der Waals surface area contributed by atoms with Gasteiger partial charge < -0.3 is 15.2 Å². The zero-order chi connectivity index (χ0) is 9.19. The van der Waals surface area contributed by atoms with Gasteiger partial charge in [-0.05, 0) is 26.8 Å². The third kappa shape index (κ3) is 2.40. The number of nitrogens with two attached hydrogens (primary N) is 1. The van der Waals surface area contributed by atoms with Gasteiger partial charge in [-0.1, -0.05) is 0 Å². The van der Waals surface area contributed by atoms with Crippen LogP contribution in [0.4, 0.5) is 4.39 Å². The molecule has 0 radical (unpaired) electrons. The van der Waals surface area contributed by atoms with E-state index in [2.05, 4.69) is 0 Å². The lowest BCUT2D eigenvalue weighted by Gasteiger charge is -2.18. The highest BCUT2D eigenvalue weighted by molar-refractivity contribution is 4.77. The van der Waals surface area contributed by atoms with Gasteiger partial charge in [0.05, 0.1) is 6.61 Å². The summed E-state index contributed by atoms with van der Waals surface area (Å²) in [6.45, 7) is 4.24. The number of hydrogen-bond donors (Lipinski definition) is 1. The molecule has 2 atom stereocenters. The molecule has 0 saturated carbocycles. The molecular weight excluding hydrogens is 161 g/mol. The van der Waals surface area contributed by atoms with E-state index < -0.39 is 18.1 Å². The van der Waals surface area contributed by atoms with Gasteiger partial charge in [0.2, 0.25) is 0 Å². The fraction of sp³-hybridized carbons (Fsp3) is 1.00. The molecular formula is C8H16FNO2. The van der Waals surface area contributed by atoms with Crippen LogP contribution in [0.3, 0.4) is 0 Å². The van der Waals surface area contributed by atoms with E-state index in [9.17, 15) is 4.39 Å². The Bertz CT molecular complexity index is 152. The zero-order valence-electron chi connectivity index (χ0n) is 7.55. The maximum atomic E-state index is 13.2. The van der Waals surface area contributed by atoms with Gasteiger partial charge in [0.25, 0.3) is 0 Å². The summed E-state index contributed by atoms with van der Waals surface area (Å²) in [5.74, 6) is -0.635. The lowest BCUT2D eigenvalue weighted by Crippen LogP contribution is -2.29. The average Bonchev–Trinajstić information content (AvgIpc) is 2.31. The Morgan fingerprint density at radius 1 is 1.67 bits per heavy atom. The van der Waals surface area contributed by atoms with Crippen molar-refractivity contribution in [1.82, 2.24) is 0 Å². The molecule has 0 aliphatic carbocycles. The molecule has 2 unspecified atom stereocenters. The first-order valence-electron chi connectivity index (χ1n) is 4.21. The van der Waals surface area contributed by atoms with Crippen molar-refractivity contribution in [3.8, 4) is 0 Å². The number of ether oxygens (including phenoxy) is 2. The first-order chi connectivity index (χ1) is 5.55. The van der Waals surface area contributed by atoms with Crippen LogP contribution in [0.15, 0.2) is 0 Å². The number of hydrogen-bond acceptors (Lipinski definition) is 3. The summed E-state index contributed by atoms with van der Waals surface area (Å²) in [5.41, 5.74) is 5.23. The minimum absolute atomic E-state index is 0.328. The third-order valence-electron chi connectivity index (χ3n) is 1.88. The number of rotatable bonds is 3. The van der Waals surface area contributed by atoms with Crippen LogP contribution in [0.5, 0.6) is 0 Å². The van der Waals surface area contributed by atoms with Crippen LogP contribution < -0.4 is 5.73 Å². The Hall–Kier alpha value is -0.190. The molecule has 1 aliphatic rings. The third-order valence-corrected chi connectivity index (χ3v) is 1.88. The molecule has 1 saturated heterocycles. The Morgan fingerprint density at radius 2 is 2.33 bits per heavy atom. The molecule has 0 bridgehead atoms. The topological polar surface area (TPSA) is 44.5 Å². The molecule has 1 fully saturated rings. The van der Waals surface area contributed by atoms with Crippen LogP contribution in [0.25, 0.3) is 0 Å². The second-order valence-corrected chi connectivity index (χ2v) is 3.46. The highest BCUT2D eigenvalue weighted by Crippen LogP contribution is 2.26. The minimum atomic E-state index is -1.00. The van der Waals surface area contributed by atoms with Gasteiger partial charge in [-0.25, -0.2) is 4.39 Å². The lowest BCUT2D eigenvalue weighted by atomic mass is 10.2. The zero-order valence-corrected chi connectivity index (χ0v) is 7.55. The minimum Gasteiger partial charge on any atom is -0.348 e. The summed E-state index contributed by atoms with van der Waals surface area (Å²) in [4.78, 5) is 0. The van der Waals surface area contributed by atoms with E-state index in [-0.39, 0.29) is 0 Å². The molecule has 3 nitrogen and oxygen atoms in total. The summed E-state index contributed by atoms with van der Waals surface area (Å²) >= 11 is 0. The summed E-state index contributed by atoms with van der Waals surface area (Å²) < 4.78 is 23.7. The first kappa shape index (κ1) is 9.89. The molecule has 1 heterocycles. The highest BCUT2D eigenvalue weighted by Gasteiger charge is 2.37. The SMILES string of the molecule is CC1(C)OCC(C(F)CCN)O1. The summed E-state index contributed by atoms with van der Waals surface area (Å²) in [5, 5.41) is 0. The van der Waals surface area contributed by atoms with Crippen LogP contribution in [-0.2, 0) is 9.47 Å². The Morgan fingerprint density at radius 3 is 2.75 bits per heavy atom. The van der Waals surface area contributed by atoms with Crippen LogP contribution in [0.2, 0.25) is 0 Å². The normalized spacial score (nSPS) is 30.5. The smallest absolute Gasteiger partial charge is 0.163 e. The molecule has 0 amide bonds. The summed E-state index contributed by atoms with van der Waals surface area (Å²) in [7, 11) is 0. The van der Waals surface area contributed by atoms with Crippen molar-refractivity contribution in [2.75, 3.05) is 13.2 Å². The molecule has 0 aromatic rings. The van der Waals surface area contributed by atoms with E-state index in [1.807, 2.05) is 0 Å². The molecule has 1 rings (SSSR count). The Kier molecular flexibility index (Phi) is 3.04. The molecule has 72 valence electrons. The first-order valence-corrected chi connectivity index (χ1v) is 4.21. The molecule has 2 N–H and O–H groups in total. The predicted octanol–water partition coefficient (Wildman–Crippen LogP) is 0.825. The maximum Gasteiger partial charge on any atom is 0.163 e. The second-order valence-electron chi connectivity index (χ2n) is 3.46. The van der Waals surface area contributed by atoms with E-state index >= 15 is 0 Å². The maximum absolute atomic E-state index is 13.2. The molecule has 4 heteroatoms. The van der Waals surface area contributed by atoms with Crippen molar-refractivity contribution in [3.63, 3.8) is 0 Å². The van der Waals surface area contributed by atoms with Gasteiger partial charge in [0, 0.05) is 0 Å². The van der Waals surface area contributed by atoms with E-state index in [1.165, 1.54) is 0 Å². The molecule has 12 heavy (non-hydrogen) atoms. The largest absolute Gasteiger partial charge is 0.348 e. The number of halogens is 1. The fourth-order valence-electron chi connectivity index (χ4n) is 1.24. The monoisotopic (exact) mass is 177 g/mol. The van der Waals surface area contributed by atoms with Crippen molar-refractivity contribution in [1.29, 1.82) is 0 Å². The lowest BCUT2D eigenvalue weighted by molar-refractivity contribution is -0.145. The molecule has 1 aliphatic heterocycles. The molecule has 0 spiro atoms. The van der Waals surface area contributed by atoms with E-state index in [0.29, 0.717) is 19.6 Å². The van der Waals surface area contributed by atoms with Gasteiger partial charge >= 0.3 is 0 Å². The van der Waals surface area contributed by atoms with Gasteiger partial charge in [-0.15, -0.1) is 0 Å². The van der Waals surface area contributed by atoms with Crippen LogP contribution in [0.1, 0.15) is 20.3 Å². The Balaban J connectivity index is 2.36. The molecule has 0 aromatic heterocycles. The van der Waals surface area contributed by atoms with Gasteiger partial charge in [-0.2, -0.15) is 0 Å². The van der Waals surface area contributed by atoms with E-state index in [1.54, 1.807) is 13.8 Å². The van der Waals surface area contributed by atoms with Crippen molar-refractivity contribution in [2.24, 2.45) is 5.73 Å². The standard InChI is InChI=1S/C8H16FNO2/c1-8(2)11-5-7(12-8)6(9)3-4-10/h6-7H,3-5,10H2,1-2H3. The predicted molar refractivity (Wildman–Crippen MR) is 43.5 cm³/mol. The average molecular weight is 177 g/mol. The highest BCUT2D eigenvalue weighted by atomic mass is 19.1. The summed E-state index contributed by atoms with van der Waals surface area (Å²) in [6, 6.07) is 0. The van der Waals surface area contributed by atoms with Crippen molar-refractivity contribution >= 4 is 0 Å². The second kappa shape index (κ2) is 3.68. The molecule has 0 aromatic carbocycles. The van der Waals surface area contributed by atoms with E-state index in [0.717, 1.165) is 0 Å². The van der Waals surface area contributed by atoms with Crippen molar-refractivity contribution < 1.29 is 13.9 Å². The van der Waals surface area contributed by atoms with Gasteiger partial charge in [-0.3, -0.25) is 0 Å². The van der Waals surface area contributed by atoms with Crippen molar-refractivity contribution in [3.05, 3.63) is 0 Å². The quantitative estimate of drug-likeness (QED) is 0.694. The number of alkyl halides is 1. The Labute approximate surface area is 72.0 Å². The van der Waals surface area contributed by atoms with Gasteiger partial charge in [0.1, 0.15) is 12.3 Å². The van der Waals surface area contributed by atoms with Gasteiger partial charge in [0.15, 0.2) is 5.79 Å². The van der Waals surface area contributed by atoms with Crippen molar-refractivity contribution in [2.45, 2.75) is 38.3 Å². The summed E-state index contributed by atoms with van der Waals surface area (Å²) in [6.07, 6.45) is -1.11. The van der Waals surface area contributed by atoms with Crippen LogP contribution >= 0.6 is 0 Å². The van der Waals surface area contributed by atoms with E-state index in [4.69, 9.17) is 15.2 Å².